The van der Waals surface area contributed by atoms with Crippen molar-refractivity contribution in [3.8, 4) is 33.8 Å². The number of methoxy groups -OCH3 is 1. The number of nitrogens with one attached hydrogen (secondary N) is 3. The maximum absolute atomic E-state index is 11.8. The maximum atomic E-state index is 11.8. The quantitative estimate of drug-likeness (QED) is 0.0569. The third-order valence-corrected chi connectivity index (χ3v) is 12.8. The topological polar surface area (TPSA) is 222 Å². The summed E-state index contributed by atoms with van der Waals surface area (Å²) in [5.41, 5.74) is 23.5. The van der Waals surface area contributed by atoms with E-state index in [1.54, 1.807) is 12.4 Å². The molecule has 0 unspecified atom stereocenters. The fourth-order valence-electron chi connectivity index (χ4n) is 8.71. The minimum absolute atomic E-state index is 0.296. The minimum Gasteiger partial charge on any atom is -0.464 e. The van der Waals surface area contributed by atoms with Crippen molar-refractivity contribution in [2.75, 3.05) is 44.8 Å². The first kappa shape index (κ1) is 47.5. The lowest BCUT2D eigenvalue weighted by Gasteiger charge is -2.19. The van der Waals surface area contributed by atoms with Gasteiger partial charge in [-0.3, -0.25) is 30.0 Å². The van der Waals surface area contributed by atoms with Crippen molar-refractivity contribution < 1.29 is 9.53 Å². The van der Waals surface area contributed by atoms with Crippen molar-refractivity contribution in [3.05, 3.63) is 151 Å². The molecule has 16 nitrogen and oxygen atoms in total. The first-order valence-corrected chi connectivity index (χ1v) is 23.7. The molecule has 11 rings (SSSR count). The number of carbonyl (C=O) groups is 1. The maximum Gasteiger partial charge on any atom is 0.356 e. The van der Waals surface area contributed by atoms with Gasteiger partial charge in [-0.2, -0.15) is 10.2 Å². The molecule has 0 bridgehead atoms. The number of nitrogens with two attached hydrogens (primary N) is 2. The lowest BCUT2D eigenvalue weighted by atomic mass is 10.0. The van der Waals surface area contributed by atoms with Crippen molar-refractivity contribution in [2.24, 2.45) is 0 Å². The van der Waals surface area contributed by atoms with Crippen molar-refractivity contribution in [1.29, 1.82) is 0 Å². The summed E-state index contributed by atoms with van der Waals surface area (Å²) in [7, 11) is 1.33. The Morgan fingerprint density at radius 1 is 0.606 bits per heavy atom. The molecule has 0 aliphatic rings. The van der Waals surface area contributed by atoms with E-state index in [0.29, 0.717) is 28.1 Å². The Labute approximate surface area is 410 Å². The smallest absolute Gasteiger partial charge is 0.356 e. The Bertz CT molecular complexity index is 3620. The molecule has 0 radical (unpaired) electrons. The number of H-pyrrole nitrogens is 3. The minimum atomic E-state index is -0.470. The first-order chi connectivity index (χ1) is 34.7. The van der Waals surface area contributed by atoms with Gasteiger partial charge in [-0.05, 0) is 72.3 Å². The van der Waals surface area contributed by atoms with Gasteiger partial charge in [-0.25, -0.2) is 19.7 Å². The zero-order valence-corrected chi connectivity index (χ0v) is 40.4. The SMILES string of the molecule is CCN(CC)Cc1cccc(N)c1N.CCN(CC)Cc1cccc2[nH]c(-c3[nH]nc4ncc(-c5cncc6ccccc56)cc34)nc12.COC(=O)c1[nH]nc2ncc(-c3cncc4ccccc34)cc12. The standard InChI is InChI=1S/C27H25N7.C17H12N4O2.C11H19N3/c1-3-34(4-2)16-18-9-7-11-23-24(18)31-27(30-23)25-21-12-19(14-29-26(21)33-32-25)22-15-28-13-17-8-5-6-10-20(17)22;1-23-17(22)15-13-6-11(8-19-16(13)21-20-15)14-9-18-7-10-4-2-3-5-12(10)14;1-3-14(4-2)8-9-6-5-7-10(12)11(9)13/h5-15H,3-4,16H2,1-2H3,(H,30,31)(H,29,32,33);2-9H,1H3,(H,19,20,21);5-7H,3-4,8,12-13H2,1-2H3. The van der Waals surface area contributed by atoms with E-state index in [1.165, 1.54) is 12.7 Å². The van der Waals surface area contributed by atoms with Crippen LogP contribution in [-0.2, 0) is 17.8 Å². The lowest BCUT2D eigenvalue weighted by Crippen LogP contribution is -2.22. The second-order valence-corrected chi connectivity index (χ2v) is 16.9. The number of fused-ring (bicyclic) bond motifs is 5. The highest BCUT2D eigenvalue weighted by Crippen LogP contribution is 2.33. The molecule has 0 spiro atoms. The van der Waals surface area contributed by atoms with Crippen LogP contribution in [-0.4, -0.2) is 99.4 Å². The van der Waals surface area contributed by atoms with Gasteiger partial charge in [-0.1, -0.05) is 100 Å². The molecule has 0 aliphatic heterocycles. The number of rotatable bonds is 12. The van der Waals surface area contributed by atoms with Gasteiger partial charge in [0, 0.05) is 83.3 Å². The zero-order valence-electron chi connectivity index (χ0n) is 40.4. The van der Waals surface area contributed by atoms with Crippen LogP contribution in [0.4, 0.5) is 11.4 Å². The van der Waals surface area contributed by atoms with Crippen LogP contribution in [0.2, 0.25) is 0 Å². The number of nitrogens with zero attached hydrogens (tertiary/aromatic N) is 9. The molecule has 0 saturated carbocycles. The number of para-hydroxylation sites is 2. The number of esters is 1. The summed E-state index contributed by atoms with van der Waals surface area (Å²) in [6.45, 7) is 14.5. The number of benzene rings is 4. The molecule has 0 amide bonds. The summed E-state index contributed by atoms with van der Waals surface area (Å²) >= 11 is 0. The molecule has 7 N–H and O–H groups in total. The largest absolute Gasteiger partial charge is 0.464 e. The molecule has 16 heteroatoms. The third kappa shape index (κ3) is 9.97. The summed E-state index contributed by atoms with van der Waals surface area (Å²) in [6.07, 6.45) is 11.0. The summed E-state index contributed by atoms with van der Waals surface area (Å²) in [4.78, 5) is 42.7. The van der Waals surface area contributed by atoms with Crippen LogP contribution in [0.3, 0.4) is 0 Å². The number of imidazole rings is 1. The molecular weight excluding hydrogens is 889 g/mol. The van der Waals surface area contributed by atoms with Crippen molar-refractivity contribution >= 4 is 72.0 Å². The predicted molar refractivity (Wildman–Crippen MR) is 284 cm³/mol. The second kappa shape index (κ2) is 21.4. The van der Waals surface area contributed by atoms with Gasteiger partial charge >= 0.3 is 5.97 Å². The fourth-order valence-corrected chi connectivity index (χ4v) is 8.71. The van der Waals surface area contributed by atoms with E-state index in [-0.39, 0.29) is 0 Å². The molecule has 358 valence electrons. The van der Waals surface area contributed by atoms with Crippen LogP contribution < -0.4 is 11.5 Å². The van der Waals surface area contributed by atoms with Crippen molar-refractivity contribution in [1.82, 2.24) is 60.1 Å². The molecule has 11 aromatic rings. The molecule has 4 aromatic carbocycles. The van der Waals surface area contributed by atoms with E-state index < -0.39 is 5.97 Å². The van der Waals surface area contributed by atoms with Crippen LogP contribution in [0.25, 0.3) is 88.4 Å². The Morgan fingerprint density at radius 2 is 1.15 bits per heavy atom. The van der Waals surface area contributed by atoms with Gasteiger partial charge in [0.1, 0.15) is 5.69 Å². The summed E-state index contributed by atoms with van der Waals surface area (Å²) in [6, 6.07) is 32.4. The number of hydrogen-bond acceptors (Lipinski definition) is 13. The van der Waals surface area contributed by atoms with Gasteiger partial charge < -0.3 is 21.2 Å². The van der Waals surface area contributed by atoms with Gasteiger partial charge in [0.05, 0.1) is 40.3 Å². The monoisotopic (exact) mass is 944 g/mol. The van der Waals surface area contributed by atoms with Gasteiger partial charge in [0.15, 0.2) is 22.8 Å². The Balaban J connectivity index is 0.000000145. The highest BCUT2D eigenvalue weighted by molar-refractivity contribution is 6.04. The normalized spacial score (nSPS) is 11.4. The lowest BCUT2D eigenvalue weighted by molar-refractivity contribution is 0.0596. The molecule has 0 saturated heterocycles. The Kier molecular flexibility index (Phi) is 14.3. The number of nitrogen functional groups attached to an aromatic ring is 2. The van der Waals surface area contributed by atoms with Crippen LogP contribution >= 0.6 is 0 Å². The average molecular weight is 945 g/mol. The van der Waals surface area contributed by atoms with Gasteiger partial charge in [0.25, 0.3) is 0 Å². The molecule has 7 heterocycles. The predicted octanol–water partition coefficient (Wildman–Crippen LogP) is 10.2. The van der Waals surface area contributed by atoms with E-state index >= 15 is 0 Å². The van der Waals surface area contributed by atoms with E-state index in [0.717, 1.165) is 122 Å². The Hall–Kier alpha value is -8.60. The van der Waals surface area contributed by atoms with E-state index in [1.807, 2.05) is 85.5 Å². The van der Waals surface area contributed by atoms with Crippen LogP contribution in [0.1, 0.15) is 49.3 Å². The highest BCUT2D eigenvalue weighted by atomic mass is 16.5. The summed E-state index contributed by atoms with van der Waals surface area (Å²) in [5, 5.41) is 20.2. The van der Waals surface area contributed by atoms with Crippen LogP contribution in [0.5, 0.6) is 0 Å². The van der Waals surface area contributed by atoms with Crippen LogP contribution in [0, 0.1) is 0 Å². The van der Waals surface area contributed by atoms with Crippen molar-refractivity contribution in [2.45, 2.75) is 40.8 Å². The van der Waals surface area contributed by atoms with Crippen LogP contribution in [0.15, 0.2) is 134 Å². The van der Waals surface area contributed by atoms with E-state index in [2.05, 4.69) is 119 Å². The van der Waals surface area contributed by atoms with E-state index in [4.69, 9.17) is 21.2 Å². The number of carbonyl (C=O) groups excluding carboxylic acids is 1. The number of aromatic amines is 3. The molecule has 0 fully saturated rings. The molecule has 7 aromatic heterocycles. The first-order valence-electron chi connectivity index (χ1n) is 23.7. The number of pyridine rings is 4. The molecular formula is C55H56N14O2. The summed E-state index contributed by atoms with van der Waals surface area (Å²) < 4.78 is 4.77. The number of aromatic nitrogens is 10. The second-order valence-electron chi connectivity index (χ2n) is 16.9. The molecule has 71 heavy (non-hydrogen) atoms. The molecule has 0 aliphatic carbocycles. The Morgan fingerprint density at radius 3 is 1.77 bits per heavy atom. The fraction of sp³-hybridized carbons (Fsp3) is 0.200. The van der Waals surface area contributed by atoms with E-state index in [9.17, 15) is 4.79 Å². The van der Waals surface area contributed by atoms with Gasteiger partial charge in [-0.15, -0.1) is 0 Å². The number of anilines is 2. The van der Waals surface area contributed by atoms with Crippen molar-refractivity contribution in [3.63, 3.8) is 0 Å². The third-order valence-electron chi connectivity index (χ3n) is 12.8. The number of ether oxygens (including phenoxy) is 1. The highest BCUT2D eigenvalue weighted by Gasteiger charge is 2.19. The van der Waals surface area contributed by atoms with Gasteiger partial charge in [0.2, 0.25) is 0 Å². The summed E-state index contributed by atoms with van der Waals surface area (Å²) in [5.74, 6) is 0.294. The zero-order chi connectivity index (χ0) is 49.4. The average Bonchev–Trinajstić information content (AvgIpc) is 4.18. The molecule has 0 atom stereocenters. The number of hydrogen-bond donors (Lipinski definition) is 5.